The highest BCUT2D eigenvalue weighted by atomic mass is 14.9. The summed E-state index contributed by atoms with van der Waals surface area (Å²) in [4.78, 5) is 4.57. The van der Waals surface area contributed by atoms with Crippen LogP contribution in [0.1, 0.15) is 43.9 Å². The van der Waals surface area contributed by atoms with Gasteiger partial charge in [-0.2, -0.15) is 0 Å². The van der Waals surface area contributed by atoms with Crippen LogP contribution in [-0.4, -0.2) is 18.1 Å². The maximum atomic E-state index is 4.57. The lowest BCUT2D eigenvalue weighted by molar-refractivity contribution is 0.373. The van der Waals surface area contributed by atoms with Gasteiger partial charge in [0.05, 0.1) is 0 Å². The smallest absolute Gasteiger partial charge is 0.0469 e. The second kappa shape index (κ2) is 4.96. The van der Waals surface area contributed by atoms with Crippen LogP contribution >= 0.6 is 0 Å². The molecule has 1 N–H and O–H groups in total. The summed E-state index contributed by atoms with van der Waals surface area (Å²) in [6.07, 6.45) is 5.67. The summed E-state index contributed by atoms with van der Waals surface area (Å²) in [7, 11) is 2.04. The van der Waals surface area contributed by atoms with Gasteiger partial charge in [0.1, 0.15) is 0 Å². The fourth-order valence-corrected chi connectivity index (χ4v) is 2.84. The molecule has 0 amide bonds. The van der Waals surface area contributed by atoms with E-state index >= 15 is 0 Å². The molecule has 16 heavy (non-hydrogen) atoms. The molecule has 0 radical (unpaired) electrons. The van der Waals surface area contributed by atoms with Crippen molar-refractivity contribution in [3.8, 4) is 0 Å². The molecule has 0 aliphatic heterocycles. The third kappa shape index (κ3) is 2.27. The van der Waals surface area contributed by atoms with E-state index in [1.54, 1.807) is 0 Å². The number of nitrogens with zero attached hydrogens (tertiary/aromatic N) is 1. The zero-order valence-electron chi connectivity index (χ0n) is 10.5. The predicted molar refractivity (Wildman–Crippen MR) is 67.6 cm³/mol. The van der Waals surface area contributed by atoms with Crippen LogP contribution in [0.15, 0.2) is 18.3 Å². The maximum absolute atomic E-state index is 4.57. The monoisotopic (exact) mass is 218 g/mol. The molecule has 2 nitrogen and oxygen atoms in total. The highest BCUT2D eigenvalue weighted by Gasteiger charge is 2.28. The summed E-state index contributed by atoms with van der Waals surface area (Å²) >= 11 is 0. The van der Waals surface area contributed by atoms with Gasteiger partial charge in [-0.3, -0.25) is 4.98 Å². The van der Waals surface area contributed by atoms with Crippen molar-refractivity contribution in [2.24, 2.45) is 5.92 Å². The average molecular weight is 218 g/mol. The number of hydrogen-bond donors (Lipinski definition) is 1. The Balaban J connectivity index is 2.07. The summed E-state index contributed by atoms with van der Waals surface area (Å²) in [5.41, 5.74) is 2.83. The molecule has 0 saturated heterocycles. The Kier molecular flexibility index (Phi) is 3.59. The molecular weight excluding hydrogens is 196 g/mol. The topological polar surface area (TPSA) is 24.9 Å². The quantitative estimate of drug-likeness (QED) is 0.840. The number of pyridine rings is 1. The van der Waals surface area contributed by atoms with Crippen molar-refractivity contribution >= 4 is 0 Å². The lowest BCUT2D eigenvalue weighted by Crippen LogP contribution is -2.25. The van der Waals surface area contributed by atoms with Gasteiger partial charge >= 0.3 is 0 Å². The highest BCUT2D eigenvalue weighted by Crippen LogP contribution is 2.38. The first-order valence-corrected chi connectivity index (χ1v) is 6.33. The number of aromatic nitrogens is 1. The normalized spacial score (nSPS) is 22.8. The second-order valence-corrected chi connectivity index (χ2v) is 5.10. The van der Waals surface area contributed by atoms with Crippen LogP contribution in [0.4, 0.5) is 0 Å². The standard InChI is InChI=1S/C14H22N2/c1-10(9-11(2)15-3)13-7-6-12-5-4-8-16-14(12)13/h4-5,8,10-11,13,15H,6-7,9H2,1-3H3. The Labute approximate surface area is 98.5 Å². The van der Waals surface area contributed by atoms with E-state index in [-0.39, 0.29) is 0 Å². The van der Waals surface area contributed by atoms with Gasteiger partial charge in [0.25, 0.3) is 0 Å². The first-order valence-electron chi connectivity index (χ1n) is 6.33. The van der Waals surface area contributed by atoms with Crippen molar-refractivity contribution in [2.75, 3.05) is 7.05 Å². The van der Waals surface area contributed by atoms with Gasteiger partial charge in [-0.15, -0.1) is 0 Å². The summed E-state index contributed by atoms with van der Waals surface area (Å²) in [5.74, 6) is 1.39. The van der Waals surface area contributed by atoms with Crippen molar-refractivity contribution in [3.63, 3.8) is 0 Å². The van der Waals surface area contributed by atoms with Gasteiger partial charge in [-0.1, -0.05) is 13.0 Å². The Hall–Kier alpha value is -0.890. The third-order valence-corrected chi connectivity index (χ3v) is 3.91. The van der Waals surface area contributed by atoms with E-state index in [0.29, 0.717) is 12.0 Å². The summed E-state index contributed by atoms with van der Waals surface area (Å²) < 4.78 is 0. The third-order valence-electron chi connectivity index (χ3n) is 3.91. The van der Waals surface area contributed by atoms with Crippen molar-refractivity contribution in [1.29, 1.82) is 0 Å². The van der Waals surface area contributed by atoms with E-state index in [4.69, 9.17) is 0 Å². The Bertz CT molecular complexity index is 348. The Morgan fingerprint density at radius 2 is 2.31 bits per heavy atom. The zero-order chi connectivity index (χ0) is 11.5. The molecule has 2 rings (SSSR count). The van der Waals surface area contributed by atoms with Crippen molar-refractivity contribution in [1.82, 2.24) is 10.3 Å². The minimum absolute atomic E-state index is 0.600. The number of fused-ring (bicyclic) bond motifs is 1. The van der Waals surface area contributed by atoms with Crippen LogP contribution in [0.25, 0.3) is 0 Å². The van der Waals surface area contributed by atoms with E-state index in [0.717, 1.165) is 5.92 Å². The highest BCUT2D eigenvalue weighted by molar-refractivity contribution is 5.28. The van der Waals surface area contributed by atoms with Crippen molar-refractivity contribution < 1.29 is 0 Å². The Morgan fingerprint density at radius 3 is 3.06 bits per heavy atom. The van der Waals surface area contributed by atoms with Crippen LogP contribution < -0.4 is 5.32 Å². The summed E-state index contributed by atoms with van der Waals surface area (Å²) in [6.45, 7) is 4.62. The van der Waals surface area contributed by atoms with Gasteiger partial charge in [0, 0.05) is 23.9 Å². The van der Waals surface area contributed by atoms with E-state index in [2.05, 4.69) is 36.3 Å². The summed E-state index contributed by atoms with van der Waals surface area (Å²) in [5, 5.41) is 3.32. The van der Waals surface area contributed by atoms with Crippen LogP contribution in [0, 0.1) is 5.92 Å². The fourth-order valence-electron chi connectivity index (χ4n) is 2.84. The molecule has 1 aromatic rings. The van der Waals surface area contributed by atoms with Gasteiger partial charge in [0.15, 0.2) is 0 Å². The van der Waals surface area contributed by atoms with Crippen LogP contribution in [0.3, 0.4) is 0 Å². The molecule has 3 atom stereocenters. The second-order valence-electron chi connectivity index (χ2n) is 5.10. The van der Waals surface area contributed by atoms with Crippen LogP contribution in [-0.2, 0) is 6.42 Å². The first kappa shape index (κ1) is 11.6. The largest absolute Gasteiger partial charge is 0.317 e. The molecule has 1 aromatic heterocycles. The van der Waals surface area contributed by atoms with Gasteiger partial charge in [0.2, 0.25) is 0 Å². The van der Waals surface area contributed by atoms with Crippen LogP contribution in [0.2, 0.25) is 0 Å². The average Bonchev–Trinajstić information content (AvgIpc) is 2.72. The first-order chi connectivity index (χ1) is 7.72. The van der Waals surface area contributed by atoms with E-state index in [1.165, 1.54) is 30.5 Å². The number of hydrogen-bond acceptors (Lipinski definition) is 2. The molecule has 1 aliphatic rings. The fraction of sp³-hybridized carbons (Fsp3) is 0.643. The van der Waals surface area contributed by atoms with Gasteiger partial charge in [-0.05, 0) is 50.8 Å². The molecule has 0 spiro atoms. The van der Waals surface area contributed by atoms with E-state index < -0.39 is 0 Å². The van der Waals surface area contributed by atoms with Crippen molar-refractivity contribution in [3.05, 3.63) is 29.6 Å². The lowest BCUT2D eigenvalue weighted by Gasteiger charge is -2.22. The molecule has 0 bridgehead atoms. The van der Waals surface area contributed by atoms with Crippen molar-refractivity contribution in [2.45, 2.75) is 45.1 Å². The molecule has 0 aromatic carbocycles. The molecule has 1 heterocycles. The molecule has 0 saturated carbocycles. The molecule has 3 unspecified atom stereocenters. The molecular formula is C14H22N2. The lowest BCUT2D eigenvalue weighted by atomic mass is 9.87. The van der Waals surface area contributed by atoms with E-state index in [9.17, 15) is 0 Å². The molecule has 2 heteroatoms. The van der Waals surface area contributed by atoms with Gasteiger partial charge in [-0.25, -0.2) is 0 Å². The predicted octanol–water partition coefficient (Wildman–Crippen LogP) is 2.75. The number of nitrogens with one attached hydrogen (secondary N) is 1. The number of aryl methyl sites for hydroxylation is 1. The Morgan fingerprint density at radius 1 is 1.50 bits per heavy atom. The zero-order valence-corrected chi connectivity index (χ0v) is 10.5. The van der Waals surface area contributed by atoms with E-state index in [1.807, 2.05) is 13.2 Å². The molecule has 0 fully saturated rings. The minimum Gasteiger partial charge on any atom is -0.317 e. The van der Waals surface area contributed by atoms with Crippen LogP contribution in [0.5, 0.6) is 0 Å². The maximum Gasteiger partial charge on any atom is 0.0469 e. The molecule has 88 valence electrons. The summed E-state index contributed by atoms with van der Waals surface area (Å²) in [6, 6.07) is 4.89. The molecule has 1 aliphatic carbocycles. The minimum atomic E-state index is 0.600. The van der Waals surface area contributed by atoms with Gasteiger partial charge < -0.3 is 5.32 Å². The SMILES string of the molecule is CNC(C)CC(C)C1CCc2cccnc21. The number of rotatable bonds is 4.